The van der Waals surface area contributed by atoms with E-state index >= 15 is 0 Å². The molecule has 0 saturated heterocycles. The van der Waals surface area contributed by atoms with Gasteiger partial charge in [0.2, 0.25) is 0 Å². The van der Waals surface area contributed by atoms with Crippen LogP contribution in [0.1, 0.15) is 18.1 Å². The predicted octanol–water partition coefficient (Wildman–Crippen LogP) is 1.35. The van der Waals surface area contributed by atoms with Gasteiger partial charge in [0.05, 0.1) is 6.42 Å². The summed E-state index contributed by atoms with van der Waals surface area (Å²) in [5.41, 5.74) is 1.96. The second-order valence-corrected chi connectivity index (χ2v) is 4.41. The van der Waals surface area contributed by atoms with Crippen LogP contribution in [0.25, 0.3) is 0 Å². The van der Waals surface area contributed by atoms with E-state index < -0.39 is 5.97 Å². The van der Waals surface area contributed by atoms with Crippen molar-refractivity contribution < 1.29 is 9.90 Å². The number of nitrogens with zero attached hydrogens (tertiary/aromatic N) is 1. The Morgan fingerprint density at radius 1 is 1.33 bits per heavy atom. The topological polar surface area (TPSA) is 52.6 Å². The molecule has 0 fully saturated rings. The van der Waals surface area contributed by atoms with Gasteiger partial charge in [-0.05, 0) is 24.7 Å². The Bertz CT molecular complexity index is 380. The van der Waals surface area contributed by atoms with Crippen molar-refractivity contribution in [3.8, 4) is 0 Å². The van der Waals surface area contributed by atoms with E-state index in [0.717, 1.165) is 37.3 Å². The summed E-state index contributed by atoms with van der Waals surface area (Å²) in [6.07, 6.45) is 0.0900. The molecule has 100 valence electrons. The third-order valence-corrected chi connectivity index (χ3v) is 2.99. The van der Waals surface area contributed by atoms with E-state index in [9.17, 15) is 4.79 Å². The van der Waals surface area contributed by atoms with E-state index in [0.29, 0.717) is 0 Å². The van der Waals surface area contributed by atoms with E-state index in [1.165, 1.54) is 0 Å². The summed E-state index contributed by atoms with van der Waals surface area (Å²) >= 11 is 0. The van der Waals surface area contributed by atoms with Crippen molar-refractivity contribution in [2.45, 2.75) is 19.9 Å². The second kappa shape index (κ2) is 7.84. The smallest absolute Gasteiger partial charge is 0.307 e. The highest BCUT2D eigenvalue weighted by Crippen LogP contribution is 2.09. The number of carbonyl (C=O) groups is 1. The maximum absolute atomic E-state index is 10.8. The van der Waals surface area contributed by atoms with Crippen LogP contribution in [0, 0.1) is 0 Å². The zero-order valence-corrected chi connectivity index (χ0v) is 11.1. The molecule has 0 spiro atoms. The number of hydrogen-bond acceptors (Lipinski definition) is 3. The molecule has 18 heavy (non-hydrogen) atoms. The molecular weight excluding hydrogens is 228 g/mol. The molecule has 0 unspecified atom stereocenters. The van der Waals surface area contributed by atoms with Gasteiger partial charge in [0.25, 0.3) is 0 Å². The lowest BCUT2D eigenvalue weighted by Gasteiger charge is -2.14. The highest BCUT2D eigenvalue weighted by atomic mass is 16.4. The summed E-state index contributed by atoms with van der Waals surface area (Å²) in [7, 11) is 2.08. The van der Waals surface area contributed by atoms with Gasteiger partial charge in [0.15, 0.2) is 0 Å². The maximum atomic E-state index is 10.8. The third-order valence-electron chi connectivity index (χ3n) is 2.99. The first-order valence-electron chi connectivity index (χ1n) is 6.31. The Labute approximate surface area is 109 Å². The highest BCUT2D eigenvalue weighted by molar-refractivity contribution is 5.70. The fraction of sp³-hybridized carbons (Fsp3) is 0.500. The van der Waals surface area contributed by atoms with Gasteiger partial charge in [-0.1, -0.05) is 31.2 Å². The summed E-state index contributed by atoms with van der Waals surface area (Å²) in [5, 5.41) is 12.2. The monoisotopic (exact) mass is 250 g/mol. The molecule has 2 N–H and O–H groups in total. The van der Waals surface area contributed by atoms with Gasteiger partial charge in [0.1, 0.15) is 0 Å². The number of likely N-dealkylation sites (N-methyl/N-ethyl adjacent to an activating group) is 1. The van der Waals surface area contributed by atoms with Crippen LogP contribution in [0.15, 0.2) is 24.3 Å². The zero-order chi connectivity index (χ0) is 13.4. The molecule has 1 aromatic carbocycles. The van der Waals surface area contributed by atoms with Gasteiger partial charge < -0.3 is 15.3 Å². The van der Waals surface area contributed by atoms with Crippen LogP contribution in [-0.4, -0.2) is 42.7 Å². The van der Waals surface area contributed by atoms with Crippen LogP contribution in [-0.2, 0) is 17.8 Å². The van der Waals surface area contributed by atoms with E-state index in [1.807, 2.05) is 24.3 Å². The van der Waals surface area contributed by atoms with Gasteiger partial charge in [-0.15, -0.1) is 0 Å². The molecule has 1 aromatic rings. The van der Waals surface area contributed by atoms with Crippen molar-refractivity contribution in [3.05, 3.63) is 35.4 Å². The fourth-order valence-corrected chi connectivity index (χ4v) is 1.72. The minimum Gasteiger partial charge on any atom is -0.481 e. The Hall–Kier alpha value is -1.39. The summed E-state index contributed by atoms with van der Waals surface area (Å²) in [6.45, 7) is 5.80. The predicted molar refractivity (Wildman–Crippen MR) is 72.7 cm³/mol. The molecule has 0 aliphatic rings. The summed E-state index contributed by atoms with van der Waals surface area (Å²) in [6, 6.07) is 7.69. The Balaban J connectivity index is 2.44. The fourth-order valence-electron chi connectivity index (χ4n) is 1.72. The lowest BCUT2D eigenvalue weighted by atomic mass is 10.0. The molecule has 0 atom stereocenters. The first kappa shape index (κ1) is 14.7. The lowest BCUT2D eigenvalue weighted by molar-refractivity contribution is -0.136. The quantitative estimate of drug-likeness (QED) is 0.684. The molecule has 4 heteroatoms. The number of aliphatic carboxylic acids is 1. The zero-order valence-electron chi connectivity index (χ0n) is 11.1. The molecule has 0 aliphatic heterocycles. The third kappa shape index (κ3) is 5.29. The number of carboxylic acid groups (broad SMARTS) is 1. The molecule has 0 aliphatic carbocycles. The molecule has 4 nitrogen and oxygen atoms in total. The van der Waals surface area contributed by atoms with Gasteiger partial charge in [-0.2, -0.15) is 0 Å². The maximum Gasteiger partial charge on any atom is 0.307 e. The van der Waals surface area contributed by atoms with Crippen LogP contribution >= 0.6 is 0 Å². The molecule has 0 heterocycles. The minimum atomic E-state index is -0.784. The van der Waals surface area contributed by atoms with E-state index in [4.69, 9.17) is 5.11 Å². The number of benzene rings is 1. The Morgan fingerprint density at radius 2 is 2.00 bits per heavy atom. The van der Waals surface area contributed by atoms with Crippen molar-refractivity contribution >= 4 is 5.97 Å². The van der Waals surface area contributed by atoms with Crippen molar-refractivity contribution in [2.24, 2.45) is 0 Å². The van der Waals surface area contributed by atoms with E-state index in [1.54, 1.807) is 0 Å². The number of nitrogens with one attached hydrogen (secondary N) is 1. The molecular formula is C14H22N2O2. The first-order valence-corrected chi connectivity index (χ1v) is 6.31. The molecule has 0 amide bonds. The van der Waals surface area contributed by atoms with Crippen LogP contribution in [0.2, 0.25) is 0 Å². The van der Waals surface area contributed by atoms with Crippen LogP contribution in [0.3, 0.4) is 0 Å². The van der Waals surface area contributed by atoms with Gasteiger partial charge in [-0.3, -0.25) is 4.79 Å². The normalized spacial score (nSPS) is 10.8. The molecule has 0 radical (unpaired) electrons. The largest absolute Gasteiger partial charge is 0.481 e. The van der Waals surface area contributed by atoms with Crippen molar-refractivity contribution in [2.75, 3.05) is 26.7 Å². The van der Waals surface area contributed by atoms with Crippen LogP contribution in [0.4, 0.5) is 0 Å². The summed E-state index contributed by atoms with van der Waals surface area (Å²) < 4.78 is 0. The summed E-state index contributed by atoms with van der Waals surface area (Å²) in [5.74, 6) is -0.784. The van der Waals surface area contributed by atoms with Crippen molar-refractivity contribution in [1.29, 1.82) is 0 Å². The van der Waals surface area contributed by atoms with Gasteiger partial charge in [0, 0.05) is 19.6 Å². The SMILES string of the molecule is CCN(C)CCNCc1ccccc1CC(=O)O. The van der Waals surface area contributed by atoms with E-state index in [-0.39, 0.29) is 6.42 Å². The minimum absolute atomic E-state index is 0.0900. The van der Waals surface area contributed by atoms with Gasteiger partial charge in [-0.25, -0.2) is 0 Å². The highest BCUT2D eigenvalue weighted by Gasteiger charge is 2.05. The van der Waals surface area contributed by atoms with Crippen LogP contribution < -0.4 is 5.32 Å². The number of carboxylic acids is 1. The molecule has 0 bridgehead atoms. The lowest BCUT2D eigenvalue weighted by Crippen LogP contribution is -2.29. The average molecular weight is 250 g/mol. The first-order chi connectivity index (χ1) is 8.63. The number of hydrogen-bond donors (Lipinski definition) is 2. The van der Waals surface area contributed by atoms with Crippen LogP contribution in [0.5, 0.6) is 0 Å². The molecule has 1 rings (SSSR count). The van der Waals surface area contributed by atoms with E-state index in [2.05, 4.69) is 24.2 Å². The summed E-state index contributed by atoms with van der Waals surface area (Å²) in [4.78, 5) is 13.0. The number of rotatable bonds is 8. The molecule has 0 saturated carbocycles. The molecule has 0 aromatic heterocycles. The van der Waals surface area contributed by atoms with Crippen molar-refractivity contribution in [1.82, 2.24) is 10.2 Å². The standard InChI is InChI=1S/C14H22N2O2/c1-3-16(2)9-8-15-11-13-7-5-4-6-12(13)10-14(17)18/h4-7,15H,3,8-11H2,1-2H3,(H,17,18). The second-order valence-electron chi connectivity index (χ2n) is 4.41. The van der Waals surface area contributed by atoms with Gasteiger partial charge >= 0.3 is 5.97 Å². The average Bonchev–Trinajstić information content (AvgIpc) is 2.35. The van der Waals surface area contributed by atoms with Crippen molar-refractivity contribution in [3.63, 3.8) is 0 Å². The Morgan fingerprint density at radius 3 is 2.61 bits per heavy atom. The Kier molecular flexibility index (Phi) is 6.39.